The summed E-state index contributed by atoms with van der Waals surface area (Å²) >= 11 is 12.4. The Labute approximate surface area is 134 Å². The van der Waals surface area contributed by atoms with Crippen LogP contribution >= 0.6 is 23.2 Å². The van der Waals surface area contributed by atoms with E-state index in [9.17, 15) is 0 Å². The van der Waals surface area contributed by atoms with Crippen molar-refractivity contribution < 1.29 is 4.74 Å². The molecule has 1 aliphatic rings. The summed E-state index contributed by atoms with van der Waals surface area (Å²) in [5.41, 5.74) is 3.13. The van der Waals surface area contributed by atoms with E-state index >= 15 is 0 Å². The predicted octanol–water partition coefficient (Wildman–Crippen LogP) is 3.73. The fourth-order valence-corrected chi connectivity index (χ4v) is 2.97. The van der Waals surface area contributed by atoms with Crippen LogP contribution in [-0.2, 0) is 17.6 Å². The van der Waals surface area contributed by atoms with Crippen LogP contribution in [0.15, 0.2) is 18.2 Å². The van der Waals surface area contributed by atoms with Crippen LogP contribution in [0.4, 0.5) is 5.82 Å². The van der Waals surface area contributed by atoms with Crippen molar-refractivity contribution in [1.82, 2.24) is 9.78 Å². The van der Waals surface area contributed by atoms with Crippen molar-refractivity contribution in [2.75, 3.05) is 25.1 Å². The van der Waals surface area contributed by atoms with Crippen molar-refractivity contribution >= 4 is 29.0 Å². The first-order valence-corrected chi connectivity index (χ1v) is 7.84. The number of ether oxygens (including phenoxy) is 1. The van der Waals surface area contributed by atoms with Gasteiger partial charge in [0, 0.05) is 25.1 Å². The van der Waals surface area contributed by atoms with Gasteiger partial charge in [0.25, 0.3) is 0 Å². The minimum atomic E-state index is 0.523. The van der Waals surface area contributed by atoms with Crippen LogP contribution in [0.25, 0.3) is 5.69 Å². The summed E-state index contributed by atoms with van der Waals surface area (Å²) in [6, 6.07) is 5.58. The first kappa shape index (κ1) is 14.7. The predicted molar refractivity (Wildman–Crippen MR) is 86.0 cm³/mol. The Balaban J connectivity index is 1.99. The molecule has 6 heteroatoms. The summed E-state index contributed by atoms with van der Waals surface area (Å²) in [5.74, 6) is 1.02. The van der Waals surface area contributed by atoms with Crippen LogP contribution < -0.4 is 5.32 Å². The number of nitrogens with one attached hydrogen (secondary N) is 1. The van der Waals surface area contributed by atoms with Crippen molar-refractivity contribution in [2.24, 2.45) is 0 Å². The summed E-state index contributed by atoms with van der Waals surface area (Å²) in [5, 5.41) is 9.15. The van der Waals surface area contributed by atoms with Gasteiger partial charge in [-0.25, -0.2) is 4.68 Å². The summed E-state index contributed by atoms with van der Waals surface area (Å²) in [4.78, 5) is 0. The van der Waals surface area contributed by atoms with E-state index in [1.54, 1.807) is 6.07 Å². The Morgan fingerprint density at radius 1 is 1.38 bits per heavy atom. The molecule has 2 heterocycles. The quantitative estimate of drug-likeness (QED) is 0.851. The fraction of sp³-hybridized carbons (Fsp3) is 0.400. The van der Waals surface area contributed by atoms with Gasteiger partial charge in [-0.3, -0.25) is 0 Å². The number of aromatic nitrogens is 2. The van der Waals surface area contributed by atoms with Crippen molar-refractivity contribution in [1.29, 1.82) is 0 Å². The lowest BCUT2D eigenvalue weighted by molar-refractivity contribution is 0.150. The Kier molecular flexibility index (Phi) is 4.38. The summed E-state index contributed by atoms with van der Waals surface area (Å²) < 4.78 is 7.30. The number of halogens is 2. The van der Waals surface area contributed by atoms with Crippen LogP contribution in [0.3, 0.4) is 0 Å². The molecule has 0 unspecified atom stereocenters. The Morgan fingerprint density at radius 2 is 2.24 bits per heavy atom. The molecular formula is C15H17Cl2N3O. The van der Waals surface area contributed by atoms with Crippen LogP contribution in [0.1, 0.15) is 18.2 Å². The van der Waals surface area contributed by atoms with Crippen molar-refractivity contribution in [3.63, 3.8) is 0 Å². The highest BCUT2D eigenvalue weighted by atomic mass is 35.5. The average molecular weight is 326 g/mol. The lowest BCUT2D eigenvalue weighted by atomic mass is 10.1. The molecule has 0 atom stereocenters. The maximum Gasteiger partial charge on any atom is 0.133 e. The van der Waals surface area contributed by atoms with E-state index in [1.165, 1.54) is 5.56 Å². The van der Waals surface area contributed by atoms with Crippen molar-refractivity contribution in [2.45, 2.75) is 19.8 Å². The van der Waals surface area contributed by atoms with Gasteiger partial charge >= 0.3 is 0 Å². The van der Waals surface area contributed by atoms with Crippen LogP contribution in [0.2, 0.25) is 10.0 Å². The maximum atomic E-state index is 6.32. The van der Waals surface area contributed by atoms with E-state index in [0.717, 1.165) is 43.2 Å². The van der Waals surface area contributed by atoms with Gasteiger partial charge in [-0.05, 0) is 25.5 Å². The van der Waals surface area contributed by atoms with E-state index < -0.39 is 0 Å². The van der Waals surface area contributed by atoms with Crippen LogP contribution in [0.5, 0.6) is 0 Å². The van der Waals surface area contributed by atoms with E-state index in [-0.39, 0.29) is 0 Å². The van der Waals surface area contributed by atoms with Gasteiger partial charge < -0.3 is 10.1 Å². The highest BCUT2D eigenvalue weighted by molar-refractivity contribution is 6.43. The molecule has 0 saturated heterocycles. The molecule has 1 N–H and O–H groups in total. The molecular weight excluding hydrogens is 309 g/mol. The van der Waals surface area contributed by atoms with Gasteiger partial charge in [0.05, 0.1) is 28.0 Å². The molecule has 21 heavy (non-hydrogen) atoms. The third kappa shape index (κ3) is 2.76. The Hall–Kier alpha value is -1.23. The van der Waals surface area contributed by atoms with Crippen molar-refractivity contribution in [3.05, 3.63) is 39.5 Å². The summed E-state index contributed by atoms with van der Waals surface area (Å²) in [7, 11) is 0. The minimum absolute atomic E-state index is 0.523. The van der Waals surface area contributed by atoms with E-state index in [4.69, 9.17) is 33.0 Å². The smallest absolute Gasteiger partial charge is 0.133 e. The van der Waals surface area contributed by atoms with Gasteiger partial charge in [-0.2, -0.15) is 5.10 Å². The lowest BCUT2D eigenvalue weighted by Gasteiger charge is -2.09. The summed E-state index contributed by atoms with van der Waals surface area (Å²) in [6.45, 7) is 4.33. The number of hydrogen-bond acceptors (Lipinski definition) is 3. The molecule has 0 aliphatic carbocycles. The molecule has 1 aromatic carbocycles. The number of anilines is 1. The molecule has 0 bridgehead atoms. The summed E-state index contributed by atoms with van der Waals surface area (Å²) in [6.07, 6.45) is 1.79. The topological polar surface area (TPSA) is 39.1 Å². The van der Waals surface area contributed by atoms with Gasteiger partial charge in [0.1, 0.15) is 5.82 Å². The van der Waals surface area contributed by atoms with Gasteiger partial charge in [0.15, 0.2) is 0 Å². The third-order valence-electron chi connectivity index (χ3n) is 3.58. The van der Waals surface area contributed by atoms with E-state index in [1.807, 2.05) is 23.7 Å². The molecule has 0 amide bonds. The first-order chi connectivity index (χ1) is 10.2. The number of fused-ring (bicyclic) bond motifs is 1. The maximum absolute atomic E-state index is 6.32. The van der Waals surface area contributed by atoms with Crippen LogP contribution in [-0.4, -0.2) is 29.5 Å². The fourth-order valence-electron chi connectivity index (χ4n) is 2.59. The third-order valence-corrected chi connectivity index (χ3v) is 4.39. The zero-order chi connectivity index (χ0) is 14.8. The standard InChI is InChI=1S/C15H17Cl2N3O/c1-2-21-9-7-12-10-6-8-18-15(10)20(19-12)13-5-3-4-11(16)14(13)17/h3-5,18H,2,6-9H2,1H3. The first-order valence-electron chi connectivity index (χ1n) is 7.09. The molecule has 1 aliphatic heterocycles. The van der Waals surface area contributed by atoms with Crippen LogP contribution in [0, 0.1) is 0 Å². The molecule has 1 aromatic heterocycles. The Morgan fingerprint density at radius 3 is 3.05 bits per heavy atom. The second-order valence-corrected chi connectivity index (χ2v) is 5.67. The molecule has 112 valence electrons. The molecule has 0 fully saturated rings. The highest BCUT2D eigenvalue weighted by Gasteiger charge is 2.23. The highest BCUT2D eigenvalue weighted by Crippen LogP contribution is 2.34. The second kappa shape index (κ2) is 6.26. The molecule has 4 nitrogen and oxygen atoms in total. The number of nitrogens with zero attached hydrogens (tertiary/aromatic N) is 2. The van der Waals surface area contributed by atoms with Gasteiger partial charge in [-0.1, -0.05) is 29.3 Å². The zero-order valence-corrected chi connectivity index (χ0v) is 13.3. The second-order valence-electron chi connectivity index (χ2n) is 4.88. The van der Waals surface area contributed by atoms with Gasteiger partial charge in [0.2, 0.25) is 0 Å². The molecule has 0 radical (unpaired) electrons. The molecule has 0 saturated carbocycles. The monoisotopic (exact) mass is 325 g/mol. The van der Waals surface area contributed by atoms with Gasteiger partial charge in [-0.15, -0.1) is 0 Å². The average Bonchev–Trinajstić information content (AvgIpc) is 3.06. The number of rotatable bonds is 5. The number of hydrogen-bond donors (Lipinski definition) is 1. The lowest BCUT2D eigenvalue weighted by Crippen LogP contribution is -2.06. The largest absolute Gasteiger partial charge is 0.381 e. The van der Waals surface area contributed by atoms with E-state index in [0.29, 0.717) is 16.7 Å². The number of benzene rings is 1. The normalized spacial score (nSPS) is 13.3. The minimum Gasteiger partial charge on any atom is -0.381 e. The molecule has 2 aromatic rings. The van der Waals surface area contributed by atoms with Crippen molar-refractivity contribution in [3.8, 4) is 5.69 Å². The SMILES string of the molecule is CCOCCc1nn(-c2cccc(Cl)c2Cl)c2c1CCN2. The van der Waals surface area contributed by atoms with E-state index in [2.05, 4.69) is 5.32 Å². The Bertz CT molecular complexity index is 655. The molecule has 0 spiro atoms. The molecule has 3 rings (SSSR count). The zero-order valence-electron chi connectivity index (χ0n) is 11.8.